The second-order valence-electron chi connectivity index (χ2n) is 7.80. The topological polar surface area (TPSA) is 80.0 Å². The van der Waals surface area contributed by atoms with E-state index in [1.165, 1.54) is 30.0 Å². The van der Waals surface area contributed by atoms with Crippen LogP contribution >= 0.6 is 11.8 Å². The van der Waals surface area contributed by atoms with E-state index in [-0.39, 0.29) is 23.0 Å². The number of piperazine rings is 1. The van der Waals surface area contributed by atoms with Crippen molar-refractivity contribution in [3.63, 3.8) is 0 Å². The largest absolute Gasteiger partial charge is 0.338 e. The van der Waals surface area contributed by atoms with Gasteiger partial charge in [0.05, 0.1) is 11.3 Å². The molecule has 0 spiro atoms. The summed E-state index contributed by atoms with van der Waals surface area (Å²) in [4.78, 5) is 25.3. The summed E-state index contributed by atoms with van der Waals surface area (Å²) >= 11 is 1.21. The predicted molar refractivity (Wildman–Crippen MR) is 128 cm³/mol. The molecule has 1 aliphatic rings. The van der Waals surface area contributed by atoms with E-state index in [0.717, 1.165) is 0 Å². The number of carbonyl (C=O) groups excluding carboxylic acids is 1. The van der Waals surface area contributed by atoms with Crippen molar-refractivity contribution in [3.8, 4) is 17.1 Å². The molecule has 35 heavy (non-hydrogen) atoms. The van der Waals surface area contributed by atoms with E-state index in [1.807, 2.05) is 4.90 Å². The maximum atomic E-state index is 14.5. The van der Waals surface area contributed by atoms with Gasteiger partial charge >= 0.3 is 0 Å². The number of halogens is 2. The summed E-state index contributed by atoms with van der Waals surface area (Å²) in [6.07, 6.45) is 3.40. The molecule has 0 atom stereocenters. The molecule has 0 bridgehead atoms. The second-order valence-corrected chi connectivity index (χ2v) is 8.75. The number of hydrogen-bond donors (Lipinski definition) is 0. The average molecular weight is 494 g/mol. The standard InChI is InChI=1S/C24H21F2N7OS/c25-17-6-8-18(9-7-17)33-22(19-4-1-2-5-20(19)26)29-30-24(33)35-16-21(34)31-12-14-32(15-13-31)23-27-10-3-11-28-23/h1-11H,12-16H2. The molecule has 0 saturated carbocycles. The highest BCUT2D eigenvalue weighted by Gasteiger charge is 2.24. The molecule has 0 aliphatic carbocycles. The zero-order chi connectivity index (χ0) is 24.2. The van der Waals surface area contributed by atoms with E-state index < -0.39 is 11.6 Å². The first-order valence-electron chi connectivity index (χ1n) is 11.0. The molecule has 11 heteroatoms. The molecule has 3 heterocycles. The van der Waals surface area contributed by atoms with Gasteiger partial charge in [-0.25, -0.2) is 18.7 Å². The van der Waals surface area contributed by atoms with Gasteiger partial charge in [-0.05, 0) is 42.5 Å². The van der Waals surface area contributed by atoms with Crippen molar-refractivity contribution in [1.82, 2.24) is 29.6 Å². The van der Waals surface area contributed by atoms with Crippen LogP contribution in [-0.2, 0) is 4.79 Å². The molecule has 2 aromatic carbocycles. The van der Waals surface area contributed by atoms with E-state index in [1.54, 1.807) is 58.3 Å². The Hall–Kier alpha value is -3.86. The summed E-state index contributed by atoms with van der Waals surface area (Å²) in [6, 6.07) is 13.8. The van der Waals surface area contributed by atoms with Gasteiger partial charge in [-0.3, -0.25) is 9.36 Å². The Morgan fingerprint density at radius 2 is 1.60 bits per heavy atom. The smallest absolute Gasteiger partial charge is 0.233 e. The maximum Gasteiger partial charge on any atom is 0.233 e. The van der Waals surface area contributed by atoms with Crippen molar-refractivity contribution in [2.45, 2.75) is 5.16 Å². The molecular weight excluding hydrogens is 472 g/mol. The number of hydrogen-bond acceptors (Lipinski definition) is 7. The Morgan fingerprint density at radius 1 is 0.886 bits per heavy atom. The van der Waals surface area contributed by atoms with Crippen LogP contribution in [0.15, 0.2) is 72.1 Å². The fourth-order valence-electron chi connectivity index (χ4n) is 3.83. The zero-order valence-electron chi connectivity index (χ0n) is 18.6. The Kier molecular flexibility index (Phi) is 6.66. The monoisotopic (exact) mass is 493 g/mol. The third kappa shape index (κ3) is 4.99. The number of benzene rings is 2. The lowest BCUT2D eigenvalue weighted by Crippen LogP contribution is -2.49. The van der Waals surface area contributed by atoms with Gasteiger partial charge in [0.1, 0.15) is 11.6 Å². The van der Waals surface area contributed by atoms with Crippen LogP contribution in [0.1, 0.15) is 0 Å². The Balaban J connectivity index is 1.32. The highest BCUT2D eigenvalue weighted by atomic mass is 32.2. The molecule has 8 nitrogen and oxygen atoms in total. The molecule has 4 aromatic rings. The normalized spacial score (nSPS) is 13.8. The van der Waals surface area contributed by atoms with Crippen molar-refractivity contribution < 1.29 is 13.6 Å². The summed E-state index contributed by atoms with van der Waals surface area (Å²) in [7, 11) is 0. The summed E-state index contributed by atoms with van der Waals surface area (Å²) in [5.41, 5.74) is 0.836. The van der Waals surface area contributed by atoms with E-state index in [0.29, 0.717) is 43.0 Å². The molecule has 0 radical (unpaired) electrons. The van der Waals surface area contributed by atoms with Gasteiger partial charge in [0, 0.05) is 44.3 Å². The van der Waals surface area contributed by atoms with Gasteiger partial charge in [0.25, 0.3) is 0 Å². The van der Waals surface area contributed by atoms with Crippen molar-refractivity contribution in [2.75, 3.05) is 36.8 Å². The van der Waals surface area contributed by atoms with Crippen LogP contribution in [0.5, 0.6) is 0 Å². The van der Waals surface area contributed by atoms with Crippen LogP contribution in [0, 0.1) is 11.6 Å². The number of thioether (sulfide) groups is 1. The Bertz CT molecular complexity index is 1310. The SMILES string of the molecule is O=C(CSc1nnc(-c2ccccc2F)n1-c1ccc(F)cc1)N1CCN(c2ncccn2)CC1. The van der Waals surface area contributed by atoms with Crippen LogP contribution in [0.25, 0.3) is 17.1 Å². The number of amides is 1. The van der Waals surface area contributed by atoms with Crippen molar-refractivity contribution >= 4 is 23.6 Å². The molecule has 5 rings (SSSR count). The summed E-state index contributed by atoms with van der Waals surface area (Å²) in [6.45, 7) is 2.40. The number of carbonyl (C=O) groups is 1. The van der Waals surface area contributed by atoms with Gasteiger partial charge in [0.15, 0.2) is 11.0 Å². The lowest BCUT2D eigenvalue weighted by Gasteiger charge is -2.34. The van der Waals surface area contributed by atoms with Crippen LogP contribution in [0.2, 0.25) is 0 Å². The van der Waals surface area contributed by atoms with Gasteiger partial charge in [-0.15, -0.1) is 10.2 Å². The summed E-state index contributed by atoms with van der Waals surface area (Å²) < 4.78 is 29.7. The number of aromatic nitrogens is 5. The first-order valence-corrected chi connectivity index (χ1v) is 12.0. The van der Waals surface area contributed by atoms with Crippen LogP contribution in [0.4, 0.5) is 14.7 Å². The van der Waals surface area contributed by atoms with Crippen LogP contribution in [-0.4, -0.2) is 67.5 Å². The minimum absolute atomic E-state index is 0.0373. The Morgan fingerprint density at radius 3 is 2.31 bits per heavy atom. The van der Waals surface area contributed by atoms with Crippen molar-refractivity contribution in [2.24, 2.45) is 0 Å². The fraction of sp³-hybridized carbons (Fsp3) is 0.208. The van der Waals surface area contributed by atoms with Crippen LogP contribution < -0.4 is 4.90 Å². The number of rotatable bonds is 6. The van der Waals surface area contributed by atoms with Crippen molar-refractivity contribution in [1.29, 1.82) is 0 Å². The summed E-state index contributed by atoms with van der Waals surface area (Å²) in [5.74, 6) is 0.195. The summed E-state index contributed by atoms with van der Waals surface area (Å²) in [5, 5.41) is 8.83. The molecule has 1 saturated heterocycles. The zero-order valence-corrected chi connectivity index (χ0v) is 19.4. The van der Waals surface area contributed by atoms with Gasteiger partial charge in [0.2, 0.25) is 11.9 Å². The van der Waals surface area contributed by atoms with Crippen molar-refractivity contribution in [3.05, 3.63) is 78.6 Å². The second kappa shape index (κ2) is 10.2. The fourth-order valence-corrected chi connectivity index (χ4v) is 4.69. The maximum absolute atomic E-state index is 14.5. The molecule has 1 aliphatic heterocycles. The number of anilines is 1. The minimum Gasteiger partial charge on any atom is -0.338 e. The van der Waals surface area contributed by atoms with E-state index in [9.17, 15) is 13.6 Å². The van der Waals surface area contributed by atoms with Crippen LogP contribution in [0.3, 0.4) is 0 Å². The molecule has 1 fully saturated rings. The van der Waals surface area contributed by atoms with E-state index in [4.69, 9.17) is 0 Å². The first-order chi connectivity index (χ1) is 17.1. The predicted octanol–water partition coefficient (Wildman–Crippen LogP) is 3.44. The molecule has 0 N–H and O–H groups in total. The number of nitrogens with zero attached hydrogens (tertiary/aromatic N) is 7. The lowest BCUT2D eigenvalue weighted by atomic mass is 10.2. The Labute approximate surface area is 204 Å². The third-order valence-corrected chi connectivity index (χ3v) is 6.54. The highest BCUT2D eigenvalue weighted by molar-refractivity contribution is 7.99. The molecule has 2 aromatic heterocycles. The van der Waals surface area contributed by atoms with Gasteiger partial charge in [-0.2, -0.15) is 0 Å². The van der Waals surface area contributed by atoms with E-state index in [2.05, 4.69) is 20.2 Å². The quantitative estimate of drug-likeness (QED) is 0.381. The average Bonchev–Trinajstić information content (AvgIpc) is 3.32. The lowest BCUT2D eigenvalue weighted by molar-refractivity contribution is -0.128. The van der Waals surface area contributed by atoms with Gasteiger partial charge in [-0.1, -0.05) is 23.9 Å². The minimum atomic E-state index is -0.448. The molecule has 0 unspecified atom stereocenters. The first kappa shape index (κ1) is 22.9. The third-order valence-electron chi connectivity index (χ3n) is 5.63. The van der Waals surface area contributed by atoms with E-state index >= 15 is 0 Å². The van der Waals surface area contributed by atoms with Gasteiger partial charge < -0.3 is 9.80 Å². The molecule has 178 valence electrons. The molecule has 1 amide bonds. The molecular formula is C24H21F2N7OS. The highest BCUT2D eigenvalue weighted by Crippen LogP contribution is 2.29.